The summed E-state index contributed by atoms with van der Waals surface area (Å²) in [6.07, 6.45) is 3.66. The first-order valence-corrected chi connectivity index (χ1v) is 7.27. The average molecular weight is 281 g/mol. The standard InChI is InChI=1S/C16H15N3S/c1-11-7-8-18-10-13(11)16-19-15(14(9-17)20-16)12-5-3-2-4-6-12/h2-8,10H,9,17H2,1H3. The SMILES string of the molecule is Cc1ccncc1-c1nc(-c2ccccc2)c(CN)s1. The van der Waals surface area contributed by atoms with E-state index in [0.29, 0.717) is 6.54 Å². The number of hydrogen-bond donors (Lipinski definition) is 1. The number of aryl methyl sites for hydroxylation is 1. The van der Waals surface area contributed by atoms with Gasteiger partial charge in [0.05, 0.1) is 5.69 Å². The van der Waals surface area contributed by atoms with E-state index < -0.39 is 0 Å². The molecule has 0 saturated carbocycles. The van der Waals surface area contributed by atoms with Crippen LogP contribution < -0.4 is 5.73 Å². The number of rotatable bonds is 3. The van der Waals surface area contributed by atoms with Crippen molar-refractivity contribution in [2.24, 2.45) is 5.73 Å². The van der Waals surface area contributed by atoms with Crippen LogP contribution in [-0.2, 0) is 6.54 Å². The van der Waals surface area contributed by atoms with Crippen LogP contribution in [0.25, 0.3) is 21.8 Å². The van der Waals surface area contributed by atoms with Crippen molar-refractivity contribution in [2.45, 2.75) is 13.5 Å². The number of nitrogens with zero attached hydrogens (tertiary/aromatic N) is 2. The Balaban J connectivity index is 2.13. The van der Waals surface area contributed by atoms with Gasteiger partial charge in [-0.25, -0.2) is 4.98 Å². The molecule has 2 heterocycles. The summed E-state index contributed by atoms with van der Waals surface area (Å²) in [5.74, 6) is 0. The molecule has 0 aliphatic rings. The van der Waals surface area contributed by atoms with Crippen LogP contribution in [0.4, 0.5) is 0 Å². The van der Waals surface area contributed by atoms with Crippen LogP contribution in [0.15, 0.2) is 48.8 Å². The molecule has 3 nitrogen and oxygen atoms in total. The quantitative estimate of drug-likeness (QED) is 0.797. The van der Waals surface area contributed by atoms with Crippen LogP contribution >= 0.6 is 11.3 Å². The molecule has 20 heavy (non-hydrogen) atoms. The second-order valence-electron chi connectivity index (χ2n) is 4.55. The van der Waals surface area contributed by atoms with Crippen molar-refractivity contribution in [3.63, 3.8) is 0 Å². The van der Waals surface area contributed by atoms with Gasteiger partial charge in [0.25, 0.3) is 0 Å². The second-order valence-corrected chi connectivity index (χ2v) is 5.64. The Bertz CT molecular complexity index is 720. The minimum Gasteiger partial charge on any atom is -0.326 e. The molecule has 0 aliphatic carbocycles. The van der Waals surface area contributed by atoms with Gasteiger partial charge in [0.1, 0.15) is 5.01 Å². The fraction of sp³-hybridized carbons (Fsp3) is 0.125. The Labute approximate surface area is 122 Å². The molecular formula is C16H15N3S. The van der Waals surface area contributed by atoms with Crippen molar-refractivity contribution in [1.29, 1.82) is 0 Å². The Morgan fingerprint density at radius 2 is 1.95 bits per heavy atom. The van der Waals surface area contributed by atoms with Crippen molar-refractivity contribution in [3.05, 3.63) is 59.2 Å². The molecule has 0 atom stereocenters. The molecule has 100 valence electrons. The molecule has 3 rings (SSSR count). The van der Waals surface area contributed by atoms with Crippen LogP contribution in [0.1, 0.15) is 10.4 Å². The van der Waals surface area contributed by atoms with Gasteiger partial charge in [0.2, 0.25) is 0 Å². The van der Waals surface area contributed by atoms with Gasteiger partial charge in [0.15, 0.2) is 0 Å². The van der Waals surface area contributed by atoms with E-state index in [1.165, 1.54) is 5.56 Å². The molecule has 2 N–H and O–H groups in total. The van der Waals surface area contributed by atoms with E-state index in [0.717, 1.165) is 26.7 Å². The first-order chi connectivity index (χ1) is 9.79. The van der Waals surface area contributed by atoms with Gasteiger partial charge in [-0.3, -0.25) is 4.98 Å². The van der Waals surface area contributed by atoms with Crippen molar-refractivity contribution in [1.82, 2.24) is 9.97 Å². The number of benzene rings is 1. The molecule has 2 aromatic heterocycles. The Morgan fingerprint density at radius 1 is 1.15 bits per heavy atom. The number of nitrogens with two attached hydrogens (primary N) is 1. The zero-order chi connectivity index (χ0) is 13.9. The third kappa shape index (κ3) is 2.35. The highest BCUT2D eigenvalue weighted by molar-refractivity contribution is 7.15. The summed E-state index contributed by atoms with van der Waals surface area (Å²) in [6.45, 7) is 2.57. The number of aromatic nitrogens is 2. The molecule has 0 amide bonds. The van der Waals surface area contributed by atoms with Gasteiger partial charge in [-0.1, -0.05) is 30.3 Å². The molecule has 0 fully saturated rings. The third-order valence-corrected chi connectivity index (χ3v) is 4.31. The second kappa shape index (κ2) is 5.53. The third-order valence-electron chi connectivity index (χ3n) is 3.20. The number of hydrogen-bond acceptors (Lipinski definition) is 4. The first kappa shape index (κ1) is 13.0. The fourth-order valence-electron chi connectivity index (χ4n) is 2.11. The molecule has 0 bridgehead atoms. The largest absolute Gasteiger partial charge is 0.326 e. The van der Waals surface area contributed by atoms with Crippen LogP contribution in [-0.4, -0.2) is 9.97 Å². The molecule has 0 spiro atoms. The van der Waals surface area contributed by atoms with E-state index in [2.05, 4.69) is 24.0 Å². The van der Waals surface area contributed by atoms with E-state index in [-0.39, 0.29) is 0 Å². The highest BCUT2D eigenvalue weighted by atomic mass is 32.1. The summed E-state index contributed by atoms with van der Waals surface area (Å²) >= 11 is 1.65. The predicted octanol–water partition coefficient (Wildman–Crippen LogP) is 3.64. The van der Waals surface area contributed by atoms with E-state index in [9.17, 15) is 0 Å². The van der Waals surface area contributed by atoms with Crippen molar-refractivity contribution in [2.75, 3.05) is 0 Å². The lowest BCUT2D eigenvalue weighted by molar-refractivity contribution is 1.10. The van der Waals surface area contributed by atoms with E-state index >= 15 is 0 Å². The van der Waals surface area contributed by atoms with Crippen molar-refractivity contribution in [3.8, 4) is 21.8 Å². The van der Waals surface area contributed by atoms with Gasteiger partial charge >= 0.3 is 0 Å². The summed E-state index contributed by atoms with van der Waals surface area (Å²) < 4.78 is 0. The number of pyridine rings is 1. The highest BCUT2D eigenvalue weighted by Crippen LogP contribution is 2.34. The van der Waals surface area contributed by atoms with E-state index in [1.807, 2.05) is 30.5 Å². The molecule has 3 aromatic rings. The monoisotopic (exact) mass is 281 g/mol. The van der Waals surface area contributed by atoms with Gasteiger partial charge in [-0.15, -0.1) is 11.3 Å². The Kier molecular flexibility index (Phi) is 3.58. The van der Waals surface area contributed by atoms with Gasteiger partial charge in [-0.2, -0.15) is 0 Å². The van der Waals surface area contributed by atoms with E-state index in [1.54, 1.807) is 17.5 Å². The molecule has 1 aromatic carbocycles. The molecule has 0 radical (unpaired) electrons. The zero-order valence-electron chi connectivity index (χ0n) is 11.2. The smallest absolute Gasteiger partial charge is 0.126 e. The Morgan fingerprint density at radius 3 is 2.65 bits per heavy atom. The summed E-state index contributed by atoms with van der Waals surface area (Å²) in [4.78, 5) is 10.1. The topological polar surface area (TPSA) is 51.8 Å². The van der Waals surface area contributed by atoms with Crippen molar-refractivity contribution >= 4 is 11.3 Å². The predicted molar refractivity (Wildman–Crippen MR) is 83.4 cm³/mol. The summed E-state index contributed by atoms with van der Waals surface area (Å²) in [6, 6.07) is 12.2. The van der Waals surface area contributed by atoms with Crippen molar-refractivity contribution < 1.29 is 0 Å². The molecule has 0 saturated heterocycles. The summed E-state index contributed by atoms with van der Waals surface area (Å²) in [7, 11) is 0. The van der Waals surface area contributed by atoms with Gasteiger partial charge in [0, 0.05) is 34.9 Å². The zero-order valence-corrected chi connectivity index (χ0v) is 12.0. The minimum atomic E-state index is 0.501. The molecule has 4 heteroatoms. The maximum Gasteiger partial charge on any atom is 0.126 e. The van der Waals surface area contributed by atoms with Crippen LogP contribution in [0, 0.1) is 6.92 Å². The first-order valence-electron chi connectivity index (χ1n) is 6.46. The van der Waals surface area contributed by atoms with Gasteiger partial charge in [-0.05, 0) is 18.6 Å². The fourth-order valence-corrected chi connectivity index (χ4v) is 3.15. The lowest BCUT2D eigenvalue weighted by Crippen LogP contribution is -1.95. The normalized spacial score (nSPS) is 10.7. The van der Waals surface area contributed by atoms with Gasteiger partial charge < -0.3 is 5.73 Å². The molecule has 0 unspecified atom stereocenters. The summed E-state index contributed by atoms with van der Waals surface area (Å²) in [5, 5.41) is 0.981. The Hall–Kier alpha value is -2.04. The number of thiazole rings is 1. The average Bonchev–Trinajstić information content (AvgIpc) is 2.92. The summed E-state index contributed by atoms with van der Waals surface area (Å²) in [5.41, 5.74) is 10.2. The lowest BCUT2D eigenvalue weighted by atomic mass is 10.1. The minimum absolute atomic E-state index is 0.501. The lowest BCUT2D eigenvalue weighted by Gasteiger charge is -2.00. The van der Waals surface area contributed by atoms with Crippen LogP contribution in [0.3, 0.4) is 0 Å². The van der Waals surface area contributed by atoms with E-state index in [4.69, 9.17) is 10.7 Å². The van der Waals surface area contributed by atoms with Crippen LogP contribution in [0.2, 0.25) is 0 Å². The molecule has 0 aliphatic heterocycles. The van der Waals surface area contributed by atoms with Crippen LogP contribution in [0.5, 0.6) is 0 Å². The maximum absolute atomic E-state index is 5.87. The maximum atomic E-state index is 5.87. The molecular weight excluding hydrogens is 266 g/mol. The highest BCUT2D eigenvalue weighted by Gasteiger charge is 2.14.